The molecule has 8 nitrogen and oxygen atoms in total. The van der Waals surface area contributed by atoms with E-state index in [0.717, 1.165) is 6.92 Å². The van der Waals surface area contributed by atoms with Gasteiger partial charge in [0.25, 0.3) is 0 Å². The van der Waals surface area contributed by atoms with Gasteiger partial charge in [0.15, 0.2) is 9.84 Å². The van der Waals surface area contributed by atoms with E-state index in [1.54, 1.807) is 6.92 Å². The predicted octanol–water partition coefficient (Wildman–Crippen LogP) is -0.644. The van der Waals surface area contributed by atoms with Gasteiger partial charge in [0, 0.05) is 6.54 Å². The van der Waals surface area contributed by atoms with Crippen LogP contribution in [0.1, 0.15) is 20.8 Å². The van der Waals surface area contributed by atoms with Crippen LogP contribution < -0.4 is 10.6 Å². The van der Waals surface area contributed by atoms with Gasteiger partial charge in [-0.3, -0.25) is 14.9 Å². The fourth-order valence-electron chi connectivity index (χ4n) is 1.15. The molecule has 110 valence electrons. The first-order valence-corrected chi connectivity index (χ1v) is 7.36. The number of carboxylic acid groups (broad SMARTS) is 1. The summed E-state index contributed by atoms with van der Waals surface area (Å²) in [6.07, 6.45) is 0. The second-order valence-corrected chi connectivity index (χ2v) is 6.43. The molecule has 0 saturated heterocycles. The van der Waals surface area contributed by atoms with Crippen LogP contribution in [0, 0.1) is 5.92 Å². The highest BCUT2D eigenvalue weighted by Gasteiger charge is 2.32. The molecule has 0 heterocycles. The Bertz CT molecular complexity index is 459. The summed E-state index contributed by atoms with van der Waals surface area (Å²) in [5.74, 6) is -4.03. The third-order valence-corrected chi connectivity index (χ3v) is 4.64. The highest BCUT2D eigenvalue weighted by molar-refractivity contribution is 7.92. The van der Waals surface area contributed by atoms with Crippen molar-refractivity contribution in [2.45, 2.75) is 26.0 Å². The molecule has 0 fully saturated rings. The Morgan fingerprint density at radius 1 is 1.21 bits per heavy atom. The highest BCUT2D eigenvalue weighted by atomic mass is 32.2. The quantitative estimate of drug-likeness (QED) is 0.597. The Morgan fingerprint density at radius 2 is 1.74 bits per heavy atom. The molecule has 0 aromatic carbocycles. The minimum atomic E-state index is -3.94. The van der Waals surface area contributed by atoms with Crippen LogP contribution in [-0.2, 0) is 19.4 Å². The van der Waals surface area contributed by atoms with Crippen molar-refractivity contribution in [3.8, 4) is 0 Å². The Morgan fingerprint density at radius 3 is 2.16 bits per heavy atom. The summed E-state index contributed by atoms with van der Waals surface area (Å²) in [6, 6.07) is -0.791. The molecule has 9 heteroatoms. The van der Waals surface area contributed by atoms with Crippen molar-refractivity contribution in [2.75, 3.05) is 12.3 Å². The normalized spacial score (nSPS) is 14.3. The van der Waals surface area contributed by atoms with Crippen molar-refractivity contribution in [3.05, 3.63) is 0 Å². The lowest BCUT2D eigenvalue weighted by Crippen LogP contribution is -2.46. The minimum Gasteiger partial charge on any atom is -0.481 e. The van der Waals surface area contributed by atoms with E-state index >= 15 is 0 Å². The molecule has 0 bridgehead atoms. The summed E-state index contributed by atoms with van der Waals surface area (Å²) >= 11 is 0. The first-order valence-electron chi connectivity index (χ1n) is 5.64. The monoisotopic (exact) mass is 294 g/mol. The van der Waals surface area contributed by atoms with Gasteiger partial charge in [0.1, 0.15) is 5.25 Å². The second-order valence-electron chi connectivity index (χ2n) is 4.06. The molecule has 0 rings (SSSR count). The van der Waals surface area contributed by atoms with Gasteiger partial charge in [0.05, 0.1) is 11.7 Å². The van der Waals surface area contributed by atoms with E-state index in [9.17, 15) is 22.8 Å². The van der Waals surface area contributed by atoms with E-state index in [0.29, 0.717) is 0 Å². The van der Waals surface area contributed by atoms with Crippen molar-refractivity contribution >= 4 is 27.7 Å². The average Bonchev–Trinajstić information content (AvgIpc) is 2.27. The van der Waals surface area contributed by atoms with E-state index in [2.05, 4.69) is 5.32 Å². The van der Waals surface area contributed by atoms with Crippen LogP contribution in [0.3, 0.4) is 0 Å². The molecular formula is C10H18N2O6S. The maximum atomic E-state index is 11.8. The maximum absolute atomic E-state index is 11.8. The molecule has 3 amide bonds. The van der Waals surface area contributed by atoms with Gasteiger partial charge in [-0.15, -0.1) is 0 Å². The van der Waals surface area contributed by atoms with E-state index in [1.165, 1.54) is 6.92 Å². The molecule has 0 spiro atoms. The molecule has 0 aliphatic carbocycles. The summed E-state index contributed by atoms with van der Waals surface area (Å²) in [5, 5.41) is 11.3. The largest absolute Gasteiger partial charge is 0.481 e. The molecule has 0 radical (unpaired) electrons. The zero-order chi connectivity index (χ0) is 15.2. The number of nitrogens with one attached hydrogen (secondary N) is 2. The molecule has 0 aromatic heterocycles. The number of carbonyl (C=O) groups excluding carboxylic acids is 2. The molecular weight excluding hydrogens is 276 g/mol. The number of hydrogen-bond donors (Lipinski definition) is 3. The third-order valence-electron chi connectivity index (χ3n) is 2.39. The second kappa shape index (κ2) is 7.07. The van der Waals surface area contributed by atoms with Gasteiger partial charge in [-0.1, -0.05) is 6.92 Å². The van der Waals surface area contributed by atoms with Gasteiger partial charge in [-0.2, -0.15) is 0 Å². The fourth-order valence-corrected chi connectivity index (χ4v) is 2.66. The zero-order valence-electron chi connectivity index (χ0n) is 11.0. The third kappa shape index (κ3) is 5.69. The number of imide groups is 1. The lowest BCUT2D eigenvalue weighted by Gasteiger charge is -2.14. The van der Waals surface area contributed by atoms with E-state index in [4.69, 9.17) is 5.11 Å². The van der Waals surface area contributed by atoms with Gasteiger partial charge in [0.2, 0.25) is 5.91 Å². The van der Waals surface area contributed by atoms with Gasteiger partial charge < -0.3 is 10.4 Å². The van der Waals surface area contributed by atoms with Crippen molar-refractivity contribution in [1.82, 2.24) is 10.6 Å². The van der Waals surface area contributed by atoms with Gasteiger partial charge in [-0.05, 0) is 13.8 Å². The molecule has 19 heavy (non-hydrogen) atoms. The van der Waals surface area contributed by atoms with Gasteiger partial charge in [-0.25, -0.2) is 13.2 Å². The molecule has 2 unspecified atom stereocenters. The molecule has 2 atom stereocenters. The number of rotatable bonds is 6. The van der Waals surface area contributed by atoms with E-state index in [1.807, 2.05) is 5.32 Å². The summed E-state index contributed by atoms with van der Waals surface area (Å²) in [7, 11) is -3.94. The number of urea groups is 1. The number of carbonyl (C=O) groups is 3. The number of amides is 3. The molecule has 3 N–H and O–H groups in total. The van der Waals surface area contributed by atoms with Crippen LogP contribution in [-0.4, -0.2) is 49.0 Å². The molecule has 0 aliphatic rings. The first-order chi connectivity index (χ1) is 8.61. The Labute approximate surface area is 111 Å². The summed E-state index contributed by atoms with van der Waals surface area (Å²) in [5.41, 5.74) is 0. The van der Waals surface area contributed by atoms with Crippen molar-refractivity contribution in [3.63, 3.8) is 0 Å². The van der Waals surface area contributed by atoms with Crippen LogP contribution in [0.4, 0.5) is 4.79 Å². The SMILES string of the molecule is CCNC(=O)NC(=O)C(C)S(=O)(=O)CC(C)C(=O)O. The average molecular weight is 294 g/mol. The van der Waals surface area contributed by atoms with Crippen LogP contribution in [0.5, 0.6) is 0 Å². The van der Waals surface area contributed by atoms with Gasteiger partial charge >= 0.3 is 12.0 Å². The van der Waals surface area contributed by atoms with Crippen LogP contribution in [0.15, 0.2) is 0 Å². The Balaban J connectivity index is 4.70. The fraction of sp³-hybridized carbons (Fsp3) is 0.700. The summed E-state index contributed by atoms with van der Waals surface area (Å²) in [6.45, 7) is 4.27. The lowest BCUT2D eigenvalue weighted by molar-refractivity contribution is -0.140. The zero-order valence-corrected chi connectivity index (χ0v) is 11.8. The number of sulfone groups is 1. The molecule has 0 aliphatic heterocycles. The standard InChI is InChI=1S/C10H18N2O6S/c1-4-11-10(16)12-8(13)7(3)19(17,18)5-6(2)9(14)15/h6-7H,4-5H2,1-3H3,(H,14,15)(H2,11,12,13,16). The van der Waals surface area contributed by atoms with Crippen LogP contribution in [0.2, 0.25) is 0 Å². The maximum Gasteiger partial charge on any atom is 0.321 e. The van der Waals surface area contributed by atoms with Crippen LogP contribution >= 0.6 is 0 Å². The Kier molecular flexibility index (Phi) is 6.46. The molecule has 0 aromatic rings. The van der Waals surface area contributed by atoms with E-state index in [-0.39, 0.29) is 6.54 Å². The van der Waals surface area contributed by atoms with Crippen molar-refractivity contribution < 1.29 is 27.9 Å². The number of aliphatic carboxylic acids is 1. The summed E-state index contributed by atoms with van der Waals surface area (Å²) < 4.78 is 23.5. The number of hydrogen-bond acceptors (Lipinski definition) is 5. The lowest BCUT2D eigenvalue weighted by atomic mass is 10.2. The first kappa shape index (κ1) is 17.4. The topological polar surface area (TPSA) is 130 Å². The minimum absolute atomic E-state index is 0.288. The highest BCUT2D eigenvalue weighted by Crippen LogP contribution is 2.08. The predicted molar refractivity (Wildman–Crippen MR) is 67.3 cm³/mol. The number of carboxylic acids is 1. The van der Waals surface area contributed by atoms with Crippen LogP contribution in [0.25, 0.3) is 0 Å². The Hall–Kier alpha value is -1.64. The van der Waals surface area contributed by atoms with Crippen molar-refractivity contribution in [1.29, 1.82) is 0 Å². The summed E-state index contributed by atoms with van der Waals surface area (Å²) in [4.78, 5) is 33.2. The smallest absolute Gasteiger partial charge is 0.321 e. The van der Waals surface area contributed by atoms with Crippen molar-refractivity contribution in [2.24, 2.45) is 5.92 Å². The molecule has 0 saturated carbocycles. The van der Waals surface area contributed by atoms with E-state index < -0.39 is 44.7 Å².